The molecule has 1 amide bonds. The molecule has 2 aliphatic rings. The van der Waals surface area contributed by atoms with E-state index in [0.29, 0.717) is 29.4 Å². The van der Waals surface area contributed by atoms with Crippen LogP contribution in [0.25, 0.3) is 0 Å². The summed E-state index contributed by atoms with van der Waals surface area (Å²) in [6.07, 6.45) is 1.46. The zero-order valence-electron chi connectivity index (χ0n) is 22.3. The first-order chi connectivity index (χ1) is 18.5. The van der Waals surface area contributed by atoms with Gasteiger partial charge in [-0.1, -0.05) is 24.3 Å². The molecule has 198 valence electrons. The molecule has 8 nitrogen and oxygen atoms in total. The van der Waals surface area contributed by atoms with E-state index in [-0.39, 0.29) is 18.5 Å². The quantitative estimate of drug-likeness (QED) is 0.441. The molecule has 0 fully saturated rings. The average molecular weight is 516 g/mol. The van der Waals surface area contributed by atoms with Crippen LogP contribution in [0.5, 0.6) is 23.0 Å². The van der Waals surface area contributed by atoms with Crippen molar-refractivity contribution >= 4 is 11.6 Å². The molecule has 8 heteroatoms. The molecule has 2 aliphatic heterocycles. The summed E-state index contributed by atoms with van der Waals surface area (Å²) in [6.45, 7) is 1.86. The maximum Gasteiger partial charge on any atom is 0.257 e. The zero-order chi connectivity index (χ0) is 26.6. The molecule has 0 bridgehead atoms. The second kappa shape index (κ2) is 11.1. The van der Waals surface area contributed by atoms with Crippen molar-refractivity contribution in [2.24, 2.45) is 5.10 Å². The third-order valence-electron chi connectivity index (χ3n) is 7.25. The summed E-state index contributed by atoms with van der Waals surface area (Å²) in [6, 6.07) is 19.5. The fourth-order valence-electron chi connectivity index (χ4n) is 5.22. The van der Waals surface area contributed by atoms with E-state index in [1.807, 2.05) is 36.4 Å². The van der Waals surface area contributed by atoms with Crippen LogP contribution in [0.3, 0.4) is 0 Å². The Kier molecular flexibility index (Phi) is 7.51. The molecule has 3 aromatic carbocycles. The van der Waals surface area contributed by atoms with E-state index in [0.717, 1.165) is 36.3 Å². The molecule has 0 unspecified atom stereocenters. The van der Waals surface area contributed by atoms with Crippen molar-refractivity contribution in [3.63, 3.8) is 0 Å². The van der Waals surface area contributed by atoms with E-state index in [1.54, 1.807) is 33.4 Å². The SMILES string of the molecule is COc1ccc([C@H]2CC(c3ccc(OC)c(OC)c3)=NN2C(=O)CN2CCc3ccccc3C2)c(OC)c1. The Morgan fingerprint density at radius 3 is 2.37 bits per heavy atom. The van der Waals surface area contributed by atoms with Crippen LogP contribution in [0, 0.1) is 0 Å². The van der Waals surface area contributed by atoms with Gasteiger partial charge in [0.1, 0.15) is 11.5 Å². The molecule has 0 aliphatic carbocycles. The first kappa shape index (κ1) is 25.6. The molecule has 0 radical (unpaired) electrons. The van der Waals surface area contributed by atoms with Crippen molar-refractivity contribution in [2.75, 3.05) is 41.5 Å². The number of hydrogen-bond donors (Lipinski definition) is 0. The second-order valence-corrected chi connectivity index (χ2v) is 9.41. The fourth-order valence-corrected chi connectivity index (χ4v) is 5.22. The lowest BCUT2D eigenvalue weighted by Crippen LogP contribution is -2.40. The van der Waals surface area contributed by atoms with Crippen LogP contribution in [0.4, 0.5) is 0 Å². The van der Waals surface area contributed by atoms with Crippen LogP contribution in [0.1, 0.15) is 34.7 Å². The van der Waals surface area contributed by atoms with Gasteiger partial charge in [0.2, 0.25) is 0 Å². The summed E-state index contributed by atoms with van der Waals surface area (Å²) < 4.78 is 22.0. The van der Waals surface area contributed by atoms with Gasteiger partial charge in [-0.25, -0.2) is 5.01 Å². The number of carbonyl (C=O) groups excluding carboxylic acids is 1. The van der Waals surface area contributed by atoms with E-state index in [1.165, 1.54) is 11.1 Å². The van der Waals surface area contributed by atoms with Crippen LogP contribution in [0.2, 0.25) is 0 Å². The lowest BCUT2D eigenvalue weighted by atomic mass is 9.97. The number of hydrazone groups is 1. The van der Waals surface area contributed by atoms with E-state index >= 15 is 0 Å². The van der Waals surface area contributed by atoms with Crippen molar-refractivity contribution in [2.45, 2.75) is 25.4 Å². The standard InChI is InChI=1S/C30H33N3O5/c1-35-23-10-11-24(28(16-23)37-3)26-17-25(21-9-12-27(36-2)29(15-21)38-4)31-33(26)30(34)19-32-14-13-20-7-5-6-8-22(20)18-32/h5-12,15-16,26H,13-14,17-19H2,1-4H3/t26-/m1/s1. The minimum atomic E-state index is -0.316. The van der Waals surface area contributed by atoms with Crippen molar-refractivity contribution < 1.29 is 23.7 Å². The van der Waals surface area contributed by atoms with Gasteiger partial charge >= 0.3 is 0 Å². The van der Waals surface area contributed by atoms with Crippen LogP contribution in [0.15, 0.2) is 65.8 Å². The lowest BCUT2D eigenvalue weighted by molar-refractivity contribution is -0.134. The third-order valence-corrected chi connectivity index (χ3v) is 7.25. The van der Waals surface area contributed by atoms with Crippen LogP contribution in [-0.2, 0) is 17.8 Å². The molecule has 5 rings (SSSR count). The number of benzene rings is 3. The summed E-state index contributed by atoms with van der Waals surface area (Å²) in [5.74, 6) is 2.55. The van der Waals surface area contributed by atoms with E-state index in [4.69, 9.17) is 24.0 Å². The highest BCUT2D eigenvalue weighted by atomic mass is 16.5. The number of nitrogens with zero attached hydrogens (tertiary/aromatic N) is 3. The molecule has 1 atom stereocenters. The Morgan fingerprint density at radius 2 is 1.63 bits per heavy atom. The Bertz CT molecular complexity index is 1360. The number of carbonyl (C=O) groups is 1. The molecule has 0 N–H and O–H groups in total. The van der Waals surface area contributed by atoms with Crippen molar-refractivity contribution in [3.05, 3.63) is 82.9 Å². The zero-order valence-corrected chi connectivity index (χ0v) is 22.3. The van der Waals surface area contributed by atoms with Gasteiger partial charge in [-0.2, -0.15) is 5.10 Å². The molecule has 0 saturated heterocycles. The minimum absolute atomic E-state index is 0.0530. The first-order valence-electron chi connectivity index (χ1n) is 12.7. The van der Waals surface area contributed by atoms with Crippen LogP contribution in [-0.4, -0.2) is 63.1 Å². The first-order valence-corrected chi connectivity index (χ1v) is 12.7. The van der Waals surface area contributed by atoms with Gasteiger partial charge in [0.25, 0.3) is 5.91 Å². The van der Waals surface area contributed by atoms with E-state index < -0.39 is 0 Å². The van der Waals surface area contributed by atoms with Gasteiger partial charge in [-0.3, -0.25) is 9.69 Å². The maximum atomic E-state index is 13.8. The summed E-state index contributed by atoms with van der Waals surface area (Å²) in [7, 11) is 6.46. The Hall–Kier alpha value is -4.04. The lowest BCUT2D eigenvalue weighted by Gasteiger charge is -2.30. The van der Waals surface area contributed by atoms with Crippen molar-refractivity contribution in [3.8, 4) is 23.0 Å². The Labute approximate surface area is 223 Å². The number of ether oxygens (including phenoxy) is 4. The number of amides is 1. The van der Waals surface area contributed by atoms with Gasteiger partial charge in [-0.05, 0) is 47.9 Å². The van der Waals surface area contributed by atoms with Crippen molar-refractivity contribution in [1.82, 2.24) is 9.91 Å². The number of hydrogen-bond acceptors (Lipinski definition) is 7. The average Bonchev–Trinajstić information content (AvgIpc) is 3.41. The number of rotatable bonds is 8. The molecular formula is C30H33N3O5. The molecule has 2 heterocycles. The maximum absolute atomic E-state index is 13.8. The summed E-state index contributed by atoms with van der Waals surface area (Å²) in [4.78, 5) is 16.0. The molecule has 0 spiro atoms. The van der Waals surface area contributed by atoms with Gasteiger partial charge in [-0.15, -0.1) is 0 Å². The summed E-state index contributed by atoms with van der Waals surface area (Å²) in [5.41, 5.74) is 5.18. The highest BCUT2D eigenvalue weighted by Gasteiger charge is 2.36. The van der Waals surface area contributed by atoms with Crippen molar-refractivity contribution in [1.29, 1.82) is 0 Å². The van der Waals surface area contributed by atoms with Crippen LogP contribution < -0.4 is 18.9 Å². The monoisotopic (exact) mass is 515 g/mol. The highest BCUT2D eigenvalue weighted by molar-refractivity contribution is 6.03. The number of fused-ring (bicyclic) bond motifs is 1. The molecule has 0 saturated carbocycles. The van der Waals surface area contributed by atoms with E-state index in [9.17, 15) is 4.79 Å². The smallest absolute Gasteiger partial charge is 0.257 e. The van der Waals surface area contributed by atoms with E-state index in [2.05, 4.69) is 29.2 Å². The Morgan fingerprint density at radius 1 is 0.868 bits per heavy atom. The third kappa shape index (κ3) is 5.04. The van der Waals surface area contributed by atoms with Gasteiger partial charge < -0.3 is 18.9 Å². The molecule has 0 aromatic heterocycles. The molecule has 38 heavy (non-hydrogen) atoms. The fraction of sp³-hybridized carbons (Fsp3) is 0.333. The van der Waals surface area contributed by atoms with Crippen LogP contribution >= 0.6 is 0 Å². The predicted molar refractivity (Wildman–Crippen MR) is 145 cm³/mol. The highest BCUT2D eigenvalue weighted by Crippen LogP contribution is 2.40. The second-order valence-electron chi connectivity index (χ2n) is 9.41. The van der Waals surface area contributed by atoms with Gasteiger partial charge in [0.05, 0.1) is 46.7 Å². The molecular weight excluding hydrogens is 482 g/mol. The normalized spacial score (nSPS) is 17.0. The van der Waals surface area contributed by atoms with Gasteiger partial charge in [0.15, 0.2) is 11.5 Å². The largest absolute Gasteiger partial charge is 0.497 e. The summed E-state index contributed by atoms with van der Waals surface area (Å²) in [5, 5.41) is 6.49. The summed E-state index contributed by atoms with van der Waals surface area (Å²) >= 11 is 0. The minimum Gasteiger partial charge on any atom is -0.497 e. The Balaban J connectivity index is 1.46. The number of methoxy groups -OCH3 is 4. The predicted octanol–water partition coefficient (Wildman–Crippen LogP) is 4.46. The molecule has 3 aromatic rings. The van der Waals surface area contributed by atoms with Gasteiger partial charge in [0, 0.05) is 36.7 Å². The topological polar surface area (TPSA) is 72.8 Å².